The summed E-state index contributed by atoms with van der Waals surface area (Å²) >= 11 is 0. The number of nitro benzene ring substituents is 1. The van der Waals surface area contributed by atoms with Gasteiger partial charge in [-0.1, -0.05) is 25.1 Å². The van der Waals surface area contributed by atoms with Crippen molar-refractivity contribution in [2.45, 2.75) is 26.4 Å². The molecule has 1 amide bonds. The van der Waals surface area contributed by atoms with E-state index in [1.54, 1.807) is 30.3 Å². The summed E-state index contributed by atoms with van der Waals surface area (Å²) in [6.07, 6.45) is 3.85. The third-order valence-corrected chi connectivity index (χ3v) is 3.52. The number of anilines is 1. The van der Waals surface area contributed by atoms with Crippen molar-refractivity contribution in [3.63, 3.8) is 0 Å². The molecule has 0 saturated carbocycles. The quantitative estimate of drug-likeness (QED) is 0.459. The fraction of sp³-hybridized carbons (Fsp3) is 0.211. The van der Waals surface area contributed by atoms with Crippen LogP contribution in [0.4, 0.5) is 11.4 Å². The minimum atomic E-state index is -0.472. The zero-order valence-electron chi connectivity index (χ0n) is 14.1. The molecular weight excluding hydrogens is 320 g/mol. The van der Waals surface area contributed by atoms with Crippen LogP contribution in [-0.2, 0) is 4.79 Å². The maximum absolute atomic E-state index is 12.0. The molecule has 2 aromatic carbocycles. The molecule has 0 bridgehead atoms. The maximum Gasteiger partial charge on any atom is 0.270 e. The van der Waals surface area contributed by atoms with Crippen molar-refractivity contribution in [1.29, 1.82) is 0 Å². The Morgan fingerprint density at radius 1 is 1.28 bits per heavy atom. The Balaban J connectivity index is 2.01. The Labute approximate surface area is 146 Å². The van der Waals surface area contributed by atoms with Gasteiger partial charge in [0.1, 0.15) is 5.75 Å². The summed E-state index contributed by atoms with van der Waals surface area (Å²) in [4.78, 5) is 22.3. The summed E-state index contributed by atoms with van der Waals surface area (Å²) in [6, 6.07) is 13.2. The third kappa shape index (κ3) is 5.76. The van der Waals surface area contributed by atoms with Crippen LogP contribution in [0.3, 0.4) is 0 Å². The molecule has 2 aromatic rings. The lowest BCUT2D eigenvalue weighted by Gasteiger charge is -2.13. The highest BCUT2D eigenvalue weighted by molar-refractivity contribution is 6.02. The number of hydrogen-bond donors (Lipinski definition) is 1. The number of rotatable bonds is 7. The summed E-state index contributed by atoms with van der Waals surface area (Å²) in [5.74, 6) is 0.363. The highest BCUT2D eigenvalue weighted by Crippen LogP contribution is 2.19. The van der Waals surface area contributed by atoms with Crippen molar-refractivity contribution in [2.24, 2.45) is 0 Å². The van der Waals surface area contributed by atoms with E-state index in [1.165, 1.54) is 24.3 Å². The number of nitro groups is 1. The van der Waals surface area contributed by atoms with Gasteiger partial charge in [-0.3, -0.25) is 14.9 Å². The molecule has 0 spiro atoms. The molecule has 0 heterocycles. The molecule has 0 radical (unpaired) electrons. The molecule has 0 aliphatic heterocycles. The lowest BCUT2D eigenvalue weighted by Crippen LogP contribution is -2.11. The van der Waals surface area contributed by atoms with Gasteiger partial charge in [-0.25, -0.2) is 0 Å². The van der Waals surface area contributed by atoms with Crippen LogP contribution in [0.1, 0.15) is 25.8 Å². The normalized spacial score (nSPS) is 11.9. The number of amides is 1. The first-order valence-corrected chi connectivity index (χ1v) is 7.98. The van der Waals surface area contributed by atoms with Crippen molar-refractivity contribution in [1.82, 2.24) is 0 Å². The van der Waals surface area contributed by atoms with E-state index < -0.39 is 4.92 Å². The van der Waals surface area contributed by atoms with Crippen molar-refractivity contribution >= 4 is 23.4 Å². The highest BCUT2D eigenvalue weighted by Gasteiger charge is 2.05. The van der Waals surface area contributed by atoms with E-state index in [0.29, 0.717) is 17.0 Å². The zero-order chi connectivity index (χ0) is 18.2. The van der Waals surface area contributed by atoms with Gasteiger partial charge in [0.15, 0.2) is 0 Å². The van der Waals surface area contributed by atoms with E-state index in [2.05, 4.69) is 5.32 Å². The topological polar surface area (TPSA) is 81.5 Å². The number of carbonyl (C=O) groups excluding carboxylic acids is 1. The van der Waals surface area contributed by atoms with Crippen LogP contribution in [0.25, 0.3) is 6.08 Å². The number of carbonyl (C=O) groups is 1. The molecule has 0 fully saturated rings. The van der Waals surface area contributed by atoms with E-state index in [9.17, 15) is 14.9 Å². The Hall–Kier alpha value is -3.15. The molecule has 0 saturated heterocycles. The summed E-state index contributed by atoms with van der Waals surface area (Å²) < 4.78 is 5.72. The van der Waals surface area contributed by atoms with Gasteiger partial charge in [0.2, 0.25) is 5.91 Å². The SMILES string of the molecule is CCC(C)Oc1cccc(NC(=O)/C=C/c2cccc([N+](=O)[O-])c2)c1. The van der Waals surface area contributed by atoms with Crippen molar-refractivity contribution < 1.29 is 14.5 Å². The van der Waals surface area contributed by atoms with E-state index in [0.717, 1.165) is 6.42 Å². The Kier molecular flexibility index (Phi) is 6.28. The van der Waals surface area contributed by atoms with Crippen LogP contribution in [0.15, 0.2) is 54.6 Å². The second-order valence-electron chi connectivity index (χ2n) is 5.54. The highest BCUT2D eigenvalue weighted by atomic mass is 16.6. The average Bonchev–Trinajstić information content (AvgIpc) is 2.60. The van der Waals surface area contributed by atoms with Gasteiger partial charge in [-0.2, -0.15) is 0 Å². The molecular formula is C19H20N2O4. The number of nitrogens with zero attached hydrogens (tertiary/aromatic N) is 1. The second-order valence-corrected chi connectivity index (χ2v) is 5.54. The third-order valence-electron chi connectivity index (χ3n) is 3.52. The van der Waals surface area contributed by atoms with Gasteiger partial charge < -0.3 is 10.1 Å². The molecule has 1 unspecified atom stereocenters. The van der Waals surface area contributed by atoms with Crippen LogP contribution < -0.4 is 10.1 Å². The van der Waals surface area contributed by atoms with Gasteiger partial charge in [-0.05, 0) is 37.1 Å². The minimum Gasteiger partial charge on any atom is -0.491 e. The number of ether oxygens (including phenoxy) is 1. The number of benzene rings is 2. The minimum absolute atomic E-state index is 0.0162. The molecule has 2 rings (SSSR count). The van der Waals surface area contributed by atoms with E-state index >= 15 is 0 Å². The van der Waals surface area contributed by atoms with Gasteiger partial charge in [0.25, 0.3) is 5.69 Å². The molecule has 1 N–H and O–H groups in total. The number of hydrogen-bond acceptors (Lipinski definition) is 4. The lowest BCUT2D eigenvalue weighted by atomic mass is 10.2. The largest absolute Gasteiger partial charge is 0.491 e. The summed E-state index contributed by atoms with van der Waals surface area (Å²) in [6.45, 7) is 4.02. The Bertz CT molecular complexity index is 786. The van der Waals surface area contributed by atoms with Crippen molar-refractivity contribution in [2.75, 3.05) is 5.32 Å². The standard InChI is InChI=1S/C19H20N2O4/c1-3-14(2)25-18-9-5-7-16(13-18)20-19(22)11-10-15-6-4-8-17(12-15)21(23)24/h4-14H,3H2,1-2H3,(H,20,22)/b11-10+. The van der Waals surface area contributed by atoms with E-state index in [4.69, 9.17) is 4.74 Å². The lowest BCUT2D eigenvalue weighted by molar-refractivity contribution is -0.384. The Morgan fingerprint density at radius 2 is 2.04 bits per heavy atom. The first-order valence-electron chi connectivity index (χ1n) is 7.98. The average molecular weight is 340 g/mol. The summed E-state index contributed by atoms with van der Waals surface area (Å²) in [5.41, 5.74) is 1.19. The van der Waals surface area contributed by atoms with Gasteiger partial charge in [0, 0.05) is 30.0 Å². The van der Waals surface area contributed by atoms with Crippen molar-refractivity contribution in [3.8, 4) is 5.75 Å². The van der Waals surface area contributed by atoms with Crippen LogP contribution >= 0.6 is 0 Å². The van der Waals surface area contributed by atoms with Gasteiger partial charge >= 0.3 is 0 Å². The molecule has 0 aromatic heterocycles. The number of non-ortho nitro benzene ring substituents is 1. The summed E-state index contributed by atoms with van der Waals surface area (Å²) in [7, 11) is 0. The molecule has 6 heteroatoms. The predicted octanol–water partition coefficient (Wildman–Crippen LogP) is 4.42. The van der Waals surface area contributed by atoms with Gasteiger partial charge in [-0.15, -0.1) is 0 Å². The molecule has 0 aliphatic rings. The molecule has 6 nitrogen and oxygen atoms in total. The van der Waals surface area contributed by atoms with Crippen LogP contribution in [0.5, 0.6) is 5.75 Å². The summed E-state index contributed by atoms with van der Waals surface area (Å²) in [5, 5.41) is 13.5. The maximum atomic E-state index is 12.0. The molecule has 25 heavy (non-hydrogen) atoms. The first kappa shape index (κ1) is 18.2. The first-order chi connectivity index (χ1) is 12.0. The van der Waals surface area contributed by atoms with E-state index in [1.807, 2.05) is 19.9 Å². The van der Waals surface area contributed by atoms with Crippen molar-refractivity contribution in [3.05, 3.63) is 70.3 Å². The molecule has 0 aliphatic carbocycles. The zero-order valence-corrected chi connectivity index (χ0v) is 14.1. The van der Waals surface area contributed by atoms with Crippen LogP contribution in [0.2, 0.25) is 0 Å². The molecule has 130 valence electrons. The fourth-order valence-electron chi connectivity index (χ4n) is 2.06. The van der Waals surface area contributed by atoms with E-state index in [-0.39, 0.29) is 17.7 Å². The van der Waals surface area contributed by atoms with Crippen LogP contribution in [-0.4, -0.2) is 16.9 Å². The monoisotopic (exact) mass is 340 g/mol. The smallest absolute Gasteiger partial charge is 0.270 e. The second kappa shape index (κ2) is 8.63. The Morgan fingerprint density at radius 3 is 2.76 bits per heavy atom. The number of nitrogens with one attached hydrogen (secondary N) is 1. The molecule has 1 atom stereocenters. The van der Waals surface area contributed by atoms with Gasteiger partial charge in [0.05, 0.1) is 11.0 Å². The fourth-order valence-corrected chi connectivity index (χ4v) is 2.06. The van der Waals surface area contributed by atoms with Crippen LogP contribution in [0, 0.1) is 10.1 Å². The predicted molar refractivity (Wildman–Crippen MR) is 97.6 cm³/mol.